The van der Waals surface area contributed by atoms with Crippen LogP contribution >= 0.6 is 15.9 Å². The number of nitrogens with one attached hydrogen (secondary N) is 1. The van der Waals surface area contributed by atoms with Gasteiger partial charge in [0, 0.05) is 11.5 Å². The Morgan fingerprint density at radius 1 is 1.38 bits per heavy atom. The zero-order valence-electron chi connectivity index (χ0n) is 11.0. The number of carboxylic acids is 1. The Morgan fingerprint density at radius 2 is 1.95 bits per heavy atom. The van der Waals surface area contributed by atoms with Gasteiger partial charge in [-0.3, -0.25) is 0 Å². The van der Waals surface area contributed by atoms with E-state index in [2.05, 4.69) is 21.2 Å². The normalized spacial score (nSPS) is 12.7. The third kappa shape index (κ3) is 4.35. The van der Waals surface area contributed by atoms with Gasteiger partial charge in [0.15, 0.2) is 0 Å². The summed E-state index contributed by atoms with van der Waals surface area (Å²) in [5, 5.41) is 11.0. The molecule has 1 atom stereocenters. The molecule has 0 spiro atoms. The monoisotopic (exact) mass is 368 g/mol. The molecule has 0 saturated heterocycles. The number of carbonyl (C=O) groups excluding carboxylic acids is 1. The van der Waals surface area contributed by atoms with Crippen LogP contribution in [-0.4, -0.2) is 35.1 Å². The van der Waals surface area contributed by atoms with Crippen LogP contribution in [0.4, 0.5) is 23.7 Å². The SMILES string of the molecule is CC(C(=O)O)N(C)C(=O)Nc1cc(C(F)(F)F)ccc1Br. The van der Waals surface area contributed by atoms with Gasteiger partial charge in [-0.05, 0) is 41.1 Å². The Labute approximate surface area is 126 Å². The van der Waals surface area contributed by atoms with Crippen LogP contribution in [-0.2, 0) is 11.0 Å². The second kappa shape index (κ2) is 6.33. The van der Waals surface area contributed by atoms with Gasteiger partial charge in [0.25, 0.3) is 0 Å². The van der Waals surface area contributed by atoms with Crippen LogP contribution in [0.3, 0.4) is 0 Å². The van der Waals surface area contributed by atoms with Crippen molar-refractivity contribution in [3.63, 3.8) is 0 Å². The number of nitrogens with zero attached hydrogens (tertiary/aromatic N) is 1. The Kier molecular flexibility index (Phi) is 5.21. The number of hydrogen-bond donors (Lipinski definition) is 2. The highest BCUT2D eigenvalue weighted by atomic mass is 79.9. The number of carbonyl (C=O) groups is 2. The maximum Gasteiger partial charge on any atom is 0.416 e. The van der Waals surface area contributed by atoms with Gasteiger partial charge in [-0.2, -0.15) is 13.2 Å². The predicted octanol–water partition coefficient (Wildman–Crippen LogP) is 3.40. The third-order valence-electron chi connectivity index (χ3n) is 2.79. The predicted molar refractivity (Wildman–Crippen MR) is 73.0 cm³/mol. The fourth-order valence-electron chi connectivity index (χ4n) is 1.34. The first-order chi connectivity index (χ1) is 9.54. The molecule has 0 fully saturated rings. The number of rotatable bonds is 3. The minimum atomic E-state index is -4.54. The summed E-state index contributed by atoms with van der Waals surface area (Å²) >= 11 is 3.02. The van der Waals surface area contributed by atoms with E-state index in [1.165, 1.54) is 14.0 Å². The van der Waals surface area contributed by atoms with Gasteiger partial charge in [-0.15, -0.1) is 0 Å². The summed E-state index contributed by atoms with van der Waals surface area (Å²) in [7, 11) is 1.23. The summed E-state index contributed by atoms with van der Waals surface area (Å²) in [6.07, 6.45) is -4.54. The Morgan fingerprint density at radius 3 is 2.43 bits per heavy atom. The topological polar surface area (TPSA) is 69.6 Å². The number of carboxylic acid groups (broad SMARTS) is 1. The number of urea groups is 1. The van der Waals surface area contributed by atoms with E-state index in [4.69, 9.17) is 5.11 Å². The maximum atomic E-state index is 12.6. The lowest BCUT2D eigenvalue weighted by atomic mass is 10.2. The quantitative estimate of drug-likeness (QED) is 0.858. The molecule has 0 aliphatic rings. The van der Waals surface area contributed by atoms with E-state index in [1.807, 2.05) is 0 Å². The van der Waals surface area contributed by atoms with Crippen molar-refractivity contribution in [1.82, 2.24) is 4.90 Å². The highest BCUT2D eigenvalue weighted by Crippen LogP contribution is 2.34. The second-order valence-electron chi connectivity index (χ2n) is 4.25. The second-order valence-corrected chi connectivity index (χ2v) is 5.10. The van der Waals surface area contributed by atoms with E-state index in [-0.39, 0.29) is 10.2 Å². The summed E-state index contributed by atoms with van der Waals surface area (Å²) < 4.78 is 38.1. The van der Waals surface area contributed by atoms with Crippen LogP contribution in [0.1, 0.15) is 12.5 Å². The molecule has 0 aromatic heterocycles. The molecule has 5 nitrogen and oxygen atoms in total. The third-order valence-corrected chi connectivity index (χ3v) is 3.49. The van der Waals surface area contributed by atoms with Crippen molar-refractivity contribution in [1.29, 1.82) is 0 Å². The van der Waals surface area contributed by atoms with Crippen LogP contribution in [0.15, 0.2) is 22.7 Å². The lowest BCUT2D eigenvalue weighted by Crippen LogP contribution is -2.42. The largest absolute Gasteiger partial charge is 0.480 e. The molecule has 21 heavy (non-hydrogen) atoms. The lowest BCUT2D eigenvalue weighted by molar-refractivity contribution is -0.141. The van der Waals surface area contributed by atoms with Crippen LogP contribution in [0.25, 0.3) is 0 Å². The number of hydrogen-bond acceptors (Lipinski definition) is 2. The summed E-state index contributed by atoms with van der Waals surface area (Å²) in [6, 6.07) is 0.836. The zero-order chi connectivity index (χ0) is 16.4. The van der Waals surface area contributed by atoms with Gasteiger partial charge in [-0.1, -0.05) is 0 Å². The number of amides is 2. The Bertz CT molecular complexity index is 563. The summed E-state index contributed by atoms with van der Waals surface area (Å²) in [5.41, 5.74) is -1.02. The Balaban J connectivity index is 2.97. The number of halogens is 4. The van der Waals surface area contributed by atoms with E-state index in [0.717, 1.165) is 23.1 Å². The zero-order valence-corrected chi connectivity index (χ0v) is 12.6. The van der Waals surface area contributed by atoms with Crippen LogP contribution in [0, 0.1) is 0 Å². The number of benzene rings is 1. The molecule has 1 aromatic carbocycles. The van der Waals surface area contributed by atoms with E-state index in [9.17, 15) is 22.8 Å². The number of aliphatic carboxylic acids is 1. The maximum absolute atomic E-state index is 12.6. The molecule has 0 aliphatic heterocycles. The molecule has 1 rings (SSSR count). The molecule has 1 unspecified atom stereocenters. The molecule has 2 amide bonds. The highest BCUT2D eigenvalue weighted by Gasteiger charge is 2.31. The van der Waals surface area contributed by atoms with Crippen molar-refractivity contribution in [2.75, 3.05) is 12.4 Å². The molecular formula is C12H12BrF3N2O3. The van der Waals surface area contributed by atoms with Gasteiger partial charge in [-0.25, -0.2) is 9.59 Å². The highest BCUT2D eigenvalue weighted by molar-refractivity contribution is 9.10. The van der Waals surface area contributed by atoms with Gasteiger partial charge >= 0.3 is 18.2 Å². The smallest absolute Gasteiger partial charge is 0.416 e. The van der Waals surface area contributed by atoms with Crippen LogP contribution in [0.5, 0.6) is 0 Å². The number of anilines is 1. The molecule has 2 N–H and O–H groups in total. The van der Waals surface area contributed by atoms with Gasteiger partial charge < -0.3 is 15.3 Å². The summed E-state index contributed by atoms with van der Waals surface area (Å²) in [5.74, 6) is -1.23. The first-order valence-electron chi connectivity index (χ1n) is 5.67. The van der Waals surface area contributed by atoms with Crippen LogP contribution < -0.4 is 5.32 Å². The number of likely N-dealkylation sites (N-methyl/N-ethyl adjacent to an activating group) is 1. The number of alkyl halides is 3. The average Bonchev–Trinajstić information content (AvgIpc) is 2.37. The average molecular weight is 369 g/mol. The standard InChI is InChI=1S/C12H12BrF3N2O3/c1-6(10(19)20)18(2)11(21)17-9-5-7(12(14,15)16)3-4-8(9)13/h3-6H,1-2H3,(H,17,21)(H,19,20). The molecule has 0 bridgehead atoms. The Hall–Kier alpha value is -1.77. The first kappa shape index (κ1) is 17.3. The van der Waals surface area contributed by atoms with Crippen molar-refractivity contribution in [2.45, 2.75) is 19.1 Å². The minimum Gasteiger partial charge on any atom is -0.480 e. The summed E-state index contributed by atoms with van der Waals surface area (Å²) in [6.45, 7) is 1.28. The van der Waals surface area contributed by atoms with Crippen molar-refractivity contribution in [3.05, 3.63) is 28.2 Å². The molecule has 0 saturated carbocycles. The molecule has 1 aromatic rings. The summed E-state index contributed by atoms with van der Waals surface area (Å²) in [4.78, 5) is 23.5. The molecule has 116 valence electrons. The lowest BCUT2D eigenvalue weighted by Gasteiger charge is -2.22. The van der Waals surface area contributed by atoms with E-state index >= 15 is 0 Å². The minimum absolute atomic E-state index is 0.0979. The van der Waals surface area contributed by atoms with Gasteiger partial charge in [0.2, 0.25) is 0 Å². The van der Waals surface area contributed by atoms with E-state index < -0.39 is 29.8 Å². The van der Waals surface area contributed by atoms with Crippen molar-refractivity contribution < 1.29 is 27.9 Å². The fraction of sp³-hybridized carbons (Fsp3) is 0.333. The van der Waals surface area contributed by atoms with Crippen molar-refractivity contribution in [2.24, 2.45) is 0 Å². The van der Waals surface area contributed by atoms with Crippen molar-refractivity contribution >= 4 is 33.6 Å². The first-order valence-corrected chi connectivity index (χ1v) is 6.46. The van der Waals surface area contributed by atoms with Crippen LogP contribution in [0.2, 0.25) is 0 Å². The van der Waals surface area contributed by atoms with Crippen molar-refractivity contribution in [3.8, 4) is 0 Å². The fourth-order valence-corrected chi connectivity index (χ4v) is 1.69. The molecule has 0 radical (unpaired) electrons. The molecule has 9 heteroatoms. The van der Waals surface area contributed by atoms with Gasteiger partial charge in [0.1, 0.15) is 6.04 Å². The van der Waals surface area contributed by atoms with Gasteiger partial charge in [0.05, 0.1) is 11.3 Å². The molecule has 0 aliphatic carbocycles. The van der Waals surface area contributed by atoms with E-state index in [1.54, 1.807) is 0 Å². The molecular weight excluding hydrogens is 357 g/mol. The molecule has 0 heterocycles. The van der Waals surface area contributed by atoms with E-state index in [0.29, 0.717) is 0 Å².